The normalized spacial score (nSPS) is 11.3. The zero-order chi connectivity index (χ0) is 30.0. The monoisotopic (exact) mass is 586 g/mol. The summed E-state index contributed by atoms with van der Waals surface area (Å²) in [6, 6.07) is 24.6. The van der Waals surface area contributed by atoms with Crippen LogP contribution in [0.1, 0.15) is 26.3 Å². The molecule has 0 aliphatic rings. The molecule has 1 heterocycles. The summed E-state index contributed by atoms with van der Waals surface area (Å²) < 4.78 is 52.4. The molecular formula is C32H27FN2O6S. The number of nitrogens with one attached hydrogen (secondary N) is 1. The van der Waals surface area contributed by atoms with Gasteiger partial charge >= 0.3 is 5.97 Å². The largest absolute Gasteiger partial charge is 0.465 e. The molecule has 0 aliphatic carbocycles. The molecule has 0 unspecified atom stereocenters. The van der Waals surface area contributed by atoms with E-state index in [1.54, 1.807) is 36.4 Å². The summed E-state index contributed by atoms with van der Waals surface area (Å²) in [5.74, 6) is -1.12. The number of carbonyl (C=O) groups excluding carboxylic acids is 2. The third-order valence-electron chi connectivity index (χ3n) is 6.82. The second kappa shape index (κ2) is 11.5. The van der Waals surface area contributed by atoms with Crippen LogP contribution in [0.25, 0.3) is 33.4 Å². The molecule has 0 atom stereocenters. The van der Waals surface area contributed by atoms with Crippen LogP contribution in [0.5, 0.6) is 0 Å². The number of ether oxygens (including phenoxy) is 1. The van der Waals surface area contributed by atoms with Crippen LogP contribution in [0, 0.1) is 5.82 Å². The highest BCUT2D eigenvalue weighted by molar-refractivity contribution is 7.92. The highest BCUT2D eigenvalue weighted by Crippen LogP contribution is 2.42. The quantitative estimate of drug-likeness (QED) is 0.223. The van der Waals surface area contributed by atoms with Gasteiger partial charge in [0.2, 0.25) is 10.0 Å². The van der Waals surface area contributed by atoms with E-state index in [-0.39, 0.29) is 23.5 Å². The topological polar surface area (TPSA) is 106 Å². The minimum absolute atomic E-state index is 0.0422. The molecule has 5 aromatic rings. The molecule has 1 amide bonds. The molecule has 1 aromatic heterocycles. The van der Waals surface area contributed by atoms with Crippen molar-refractivity contribution in [3.8, 4) is 22.5 Å². The maximum absolute atomic E-state index is 13.7. The molecule has 0 fully saturated rings. The number of hydrogen-bond acceptors (Lipinski definition) is 6. The number of rotatable bonds is 8. The summed E-state index contributed by atoms with van der Waals surface area (Å²) in [4.78, 5) is 25.0. The zero-order valence-electron chi connectivity index (χ0n) is 23.1. The van der Waals surface area contributed by atoms with E-state index in [4.69, 9.17) is 9.15 Å². The van der Waals surface area contributed by atoms with Crippen molar-refractivity contribution in [2.24, 2.45) is 0 Å². The molecule has 0 spiro atoms. The summed E-state index contributed by atoms with van der Waals surface area (Å²) in [5, 5.41) is 3.10. The Morgan fingerprint density at radius 2 is 1.60 bits per heavy atom. The van der Waals surface area contributed by atoms with Crippen molar-refractivity contribution in [3.63, 3.8) is 0 Å². The van der Waals surface area contributed by atoms with E-state index in [1.807, 2.05) is 30.3 Å². The van der Waals surface area contributed by atoms with Crippen LogP contribution in [0.4, 0.5) is 10.1 Å². The van der Waals surface area contributed by atoms with Gasteiger partial charge in [-0.3, -0.25) is 9.10 Å². The summed E-state index contributed by atoms with van der Waals surface area (Å²) in [6.07, 6.45) is 1.11. The Kier molecular flexibility index (Phi) is 7.82. The van der Waals surface area contributed by atoms with Gasteiger partial charge in [-0.1, -0.05) is 42.5 Å². The number of hydrogen-bond donors (Lipinski definition) is 1. The maximum atomic E-state index is 13.7. The molecular weight excluding hydrogens is 559 g/mol. The van der Waals surface area contributed by atoms with E-state index in [9.17, 15) is 22.4 Å². The molecule has 4 aromatic carbocycles. The highest BCUT2D eigenvalue weighted by Gasteiger charge is 2.27. The predicted molar refractivity (Wildman–Crippen MR) is 159 cm³/mol. The van der Waals surface area contributed by atoms with Crippen LogP contribution in [-0.4, -0.2) is 40.7 Å². The van der Waals surface area contributed by atoms with Crippen molar-refractivity contribution in [2.75, 3.05) is 24.7 Å². The van der Waals surface area contributed by atoms with Gasteiger partial charge in [0.15, 0.2) is 0 Å². The summed E-state index contributed by atoms with van der Waals surface area (Å²) in [7, 11) is -1.06. The fraction of sp³-hybridized carbons (Fsp3) is 0.125. The lowest BCUT2D eigenvalue weighted by Gasteiger charge is -2.25. The van der Waals surface area contributed by atoms with Crippen LogP contribution in [0.3, 0.4) is 0 Å². The van der Waals surface area contributed by atoms with Gasteiger partial charge in [-0.2, -0.15) is 0 Å². The predicted octanol–water partition coefficient (Wildman–Crippen LogP) is 6.02. The summed E-state index contributed by atoms with van der Waals surface area (Å²) in [6.45, 7) is -0.0422. The van der Waals surface area contributed by atoms with Crippen molar-refractivity contribution in [1.82, 2.24) is 5.32 Å². The van der Waals surface area contributed by atoms with Gasteiger partial charge in [0.05, 0.1) is 36.7 Å². The average molecular weight is 587 g/mol. The molecule has 0 radical (unpaired) electrons. The molecule has 8 nitrogen and oxygen atoms in total. The van der Waals surface area contributed by atoms with Gasteiger partial charge in [-0.25, -0.2) is 17.6 Å². The zero-order valence-corrected chi connectivity index (χ0v) is 23.9. The van der Waals surface area contributed by atoms with Crippen molar-refractivity contribution < 1.29 is 31.6 Å². The van der Waals surface area contributed by atoms with E-state index < -0.39 is 27.7 Å². The van der Waals surface area contributed by atoms with Crippen molar-refractivity contribution in [3.05, 3.63) is 114 Å². The minimum Gasteiger partial charge on any atom is -0.465 e. The molecule has 5 rings (SSSR count). The number of methoxy groups -OCH3 is 1. The Morgan fingerprint density at radius 1 is 0.929 bits per heavy atom. The first-order valence-electron chi connectivity index (χ1n) is 12.9. The van der Waals surface area contributed by atoms with E-state index >= 15 is 0 Å². The smallest absolute Gasteiger partial charge is 0.337 e. The van der Waals surface area contributed by atoms with Crippen LogP contribution < -0.4 is 9.62 Å². The van der Waals surface area contributed by atoms with Crippen LogP contribution in [-0.2, 0) is 21.3 Å². The number of fused-ring (bicyclic) bond motifs is 1. The first-order valence-corrected chi connectivity index (χ1v) is 14.7. The lowest BCUT2D eigenvalue weighted by Crippen LogP contribution is -2.29. The number of nitrogens with zero attached hydrogens (tertiary/aromatic N) is 1. The Morgan fingerprint density at radius 3 is 2.19 bits per heavy atom. The standard InChI is InChI=1S/C32H27FN2O6S/c1-34-31(36)29-26-17-25(21-7-5-4-6-8-21)27(18-28(26)41-30(29)22-13-15-24(33)16-14-22)35(42(3,38)39)19-20-9-11-23(12-10-20)32(37)40-2/h4-18H,19H2,1-3H3,(H,34,36). The fourth-order valence-corrected chi connectivity index (χ4v) is 5.65. The van der Waals surface area contributed by atoms with Crippen LogP contribution in [0.15, 0.2) is 95.4 Å². The lowest BCUT2D eigenvalue weighted by atomic mass is 9.98. The lowest BCUT2D eigenvalue weighted by molar-refractivity contribution is 0.0600. The Bertz CT molecular complexity index is 1880. The third-order valence-corrected chi connectivity index (χ3v) is 7.95. The second-order valence-electron chi connectivity index (χ2n) is 9.58. The summed E-state index contributed by atoms with van der Waals surface area (Å²) in [5.41, 5.74) is 3.57. The fourth-order valence-electron chi connectivity index (χ4n) is 4.75. The van der Waals surface area contributed by atoms with Crippen molar-refractivity contribution in [2.45, 2.75) is 6.54 Å². The number of furan rings is 1. The summed E-state index contributed by atoms with van der Waals surface area (Å²) >= 11 is 0. The van der Waals surface area contributed by atoms with Crippen LogP contribution >= 0.6 is 0 Å². The van der Waals surface area contributed by atoms with Gasteiger partial charge in [0, 0.05) is 29.6 Å². The third kappa shape index (κ3) is 5.61. The van der Waals surface area contributed by atoms with E-state index in [2.05, 4.69) is 5.32 Å². The Hall–Kier alpha value is -4.96. The first kappa shape index (κ1) is 28.6. The number of benzene rings is 4. The SMILES string of the molecule is CNC(=O)c1c(-c2ccc(F)cc2)oc2cc(N(Cc3ccc(C(=O)OC)cc3)S(C)(=O)=O)c(-c3ccccc3)cc12. The van der Waals surface area contributed by atoms with Gasteiger partial charge in [0.1, 0.15) is 17.2 Å². The molecule has 0 aliphatic heterocycles. The van der Waals surface area contributed by atoms with Crippen LogP contribution in [0.2, 0.25) is 0 Å². The van der Waals surface area contributed by atoms with Crippen molar-refractivity contribution in [1.29, 1.82) is 0 Å². The van der Waals surface area contributed by atoms with Gasteiger partial charge in [-0.15, -0.1) is 0 Å². The number of carbonyl (C=O) groups is 2. The second-order valence-corrected chi connectivity index (χ2v) is 11.5. The van der Waals surface area contributed by atoms with E-state index in [1.165, 1.54) is 42.7 Å². The molecule has 42 heavy (non-hydrogen) atoms. The molecule has 10 heteroatoms. The minimum atomic E-state index is -3.85. The molecule has 214 valence electrons. The van der Waals surface area contributed by atoms with Gasteiger partial charge in [0.25, 0.3) is 5.91 Å². The molecule has 0 bridgehead atoms. The Balaban J connectivity index is 1.74. The number of halogens is 1. The number of esters is 1. The van der Waals surface area contributed by atoms with Gasteiger partial charge in [-0.05, 0) is 53.6 Å². The highest BCUT2D eigenvalue weighted by atomic mass is 32.2. The van der Waals surface area contributed by atoms with Gasteiger partial charge < -0.3 is 14.5 Å². The van der Waals surface area contributed by atoms with Crippen molar-refractivity contribution >= 4 is 38.6 Å². The average Bonchev–Trinajstić information content (AvgIpc) is 3.37. The van der Waals surface area contributed by atoms with E-state index in [0.29, 0.717) is 33.3 Å². The number of amides is 1. The molecule has 0 saturated heterocycles. The number of anilines is 1. The Labute approximate surface area is 242 Å². The first-order chi connectivity index (χ1) is 20.1. The maximum Gasteiger partial charge on any atom is 0.337 e. The molecule has 1 N–H and O–H groups in total. The van der Waals surface area contributed by atoms with E-state index in [0.717, 1.165) is 11.8 Å². The molecule has 0 saturated carbocycles. The number of sulfonamides is 1.